The Morgan fingerprint density at radius 3 is 2.71 bits per heavy atom. The number of carbonyl (C=O) groups is 1. The third-order valence-electron chi connectivity index (χ3n) is 3.83. The molecule has 1 N–H and O–H groups in total. The van der Waals surface area contributed by atoms with Gasteiger partial charge in [0.25, 0.3) is 0 Å². The minimum absolute atomic E-state index is 0.217. The van der Waals surface area contributed by atoms with Crippen LogP contribution >= 0.6 is 0 Å². The number of ether oxygens (including phenoxy) is 1. The summed E-state index contributed by atoms with van der Waals surface area (Å²) in [5.41, 5.74) is 0. The van der Waals surface area contributed by atoms with Crippen LogP contribution in [-0.2, 0) is 9.53 Å². The zero-order chi connectivity index (χ0) is 12.8. The summed E-state index contributed by atoms with van der Waals surface area (Å²) in [6.45, 7) is 7.39. The summed E-state index contributed by atoms with van der Waals surface area (Å²) in [5.74, 6) is 1.32. The van der Waals surface area contributed by atoms with E-state index in [1.54, 1.807) is 0 Å². The van der Waals surface area contributed by atoms with Gasteiger partial charge in [-0.15, -0.1) is 0 Å². The van der Waals surface area contributed by atoms with E-state index in [0.29, 0.717) is 31.0 Å². The zero-order valence-corrected chi connectivity index (χ0v) is 11.3. The van der Waals surface area contributed by atoms with Gasteiger partial charge in [-0.25, -0.2) is 0 Å². The maximum atomic E-state index is 10.4. The lowest BCUT2D eigenvalue weighted by Gasteiger charge is -2.37. The predicted octanol–water partition coefficient (Wildman–Crippen LogP) is 3.33. The molecule has 0 amide bonds. The number of carboxylic acids is 1. The van der Waals surface area contributed by atoms with Crippen LogP contribution in [0.4, 0.5) is 0 Å². The molecular formula is C14H26O3. The first kappa shape index (κ1) is 14.5. The Kier molecular flexibility index (Phi) is 5.96. The Balaban J connectivity index is 2.33. The van der Waals surface area contributed by atoms with E-state index in [9.17, 15) is 4.79 Å². The molecule has 3 heteroatoms. The van der Waals surface area contributed by atoms with Crippen LogP contribution in [0.25, 0.3) is 0 Å². The molecule has 0 bridgehead atoms. The van der Waals surface area contributed by atoms with Crippen molar-refractivity contribution in [3.8, 4) is 0 Å². The van der Waals surface area contributed by atoms with E-state index < -0.39 is 5.97 Å². The Bertz CT molecular complexity index is 238. The maximum Gasteiger partial charge on any atom is 0.303 e. The average molecular weight is 242 g/mol. The summed E-state index contributed by atoms with van der Waals surface area (Å²) in [6, 6.07) is 0. The van der Waals surface area contributed by atoms with Crippen LogP contribution in [0.15, 0.2) is 0 Å². The largest absolute Gasteiger partial charge is 0.481 e. The van der Waals surface area contributed by atoms with Gasteiger partial charge < -0.3 is 9.84 Å². The Hall–Kier alpha value is -0.570. The molecule has 0 aromatic heterocycles. The van der Waals surface area contributed by atoms with Crippen molar-refractivity contribution < 1.29 is 14.6 Å². The summed E-state index contributed by atoms with van der Waals surface area (Å²) in [4.78, 5) is 10.4. The number of carboxylic acid groups (broad SMARTS) is 1. The van der Waals surface area contributed by atoms with Gasteiger partial charge in [-0.05, 0) is 37.0 Å². The van der Waals surface area contributed by atoms with Gasteiger partial charge in [0.1, 0.15) is 0 Å². The monoisotopic (exact) mass is 242 g/mol. The second-order valence-corrected chi connectivity index (χ2v) is 5.73. The van der Waals surface area contributed by atoms with Gasteiger partial charge in [0.05, 0.1) is 6.10 Å². The molecule has 1 saturated carbocycles. The molecule has 1 aliphatic rings. The highest BCUT2D eigenvalue weighted by Crippen LogP contribution is 2.35. The first-order valence-corrected chi connectivity index (χ1v) is 6.84. The van der Waals surface area contributed by atoms with Gasteiger partial charge in [0, 0.05) is 13.0 Å². The lowest BCUT2D eigenvalue weighted by molar-refractivity contribution is -0.137. The molecule has 1 rings (SSSR count). The summed E-state index contributed by atoms with van der Waals surface area (Å²) in [7, 11) is 0. The lowest BCUT2D eigenvalue weighted by atomic mass is 9.75. The van der Waals surface area contributed by atoms with E-state index in [0.717, 1.165) is 12.3 Å². The molecule has 0 aromatic carbocycles. The van der Waals surface area contributed by atoms with Gasteiger partial charge in [-0.1, -0.05) is 27.2 Å². The van der Waals surface area contributed by atoms with Gasteiger partial charge >= 0.3 is 5.97 Å². The SMILES string of the molecule is CC1CCC(C(C)C)C(OCCCC(=O)O)C1. The van der Waals surface area contributed by atoms with Crippen molar-refractivity contribution in [3.05, 3.63) is 0 Å². The summed E-state index contributed by atoms with van der Waals surface area (Å²) < 4.78 is 5.91. The highest BCUT2D eigenvalue weighted by atomic mass is 16.5. The smallest absolute Gasteiger partial charge is 0.303 e. The molecule has 0 heterocycles. The third-order valence-corrected chi connectivity index (χ3v) is 3.83. The molecule has 1 aliphatic carbocycles. The van der Waals surface area contributed by atoms with Crippen molar-refractivity contribution in [2.24, 2.45) is 17.8 Å². The van der Waals surface area contributed by atoms with E-state index in [2.05, 4.69) is 20.8 Å². The Morgan fingerprint density at radius 1 is 1.41 bits per heavy atom. The molecule has 3 nitrogen and oxygen atoms in total. The lowest BCUT2D eigenvalue weighted by Crippen LogP contribution is -2.34. The molecule has 0 saturated heterocycles. The minimum Gasteiger partial charge on any atom is -0.481 e. The van der Waals surface area contributed by atoms with E-state index in [1.807, 2.05) is 0 Å². The molecule has 3 atom stereocenters. The number of hydrogen-bond donors (Lipinski definition) is 1. The quantitative estimate of drug-likeness (QED) is 0.727. The van der Waals surface area contributed by atoms with Crippen LogP contribution < -0.4 is 0 Å². The Labute approximate surface area is 105 Å². The molecule has 0 spiro atoms. The fourth-order valence-electron chi connectivity index (χ4n) is 2.76. The molecular weight excluding hydrogens is 216 g/mol. The standard InChI is InChI=1S/C14H26O3/c1-10(2)12-7-6-11(3)9-13(12)17-8-4-5-14(15)16/h10-13H,4-9H2,1-3H3,(H,15,16). The fourth-order valence-corrected chi connectivity index (χ4v) is 2.76. The molecule has 3 unspecified atom stereocenters. The van der Waals surface area contributed by atoms with Crippen LogP contribution in [0.3, 0.4) is 0 Å². The number of aliphatic carboxylic acids is 1. The fraction of sp³-hybridized carbons (Fsp3) is 0.929. The van der Waals surface area contributed by atoms with Crippen molar-refractivity contribution in [1.82, 2.24) is 0 Å². The molecule has 100 valence electrons. The topological polar surface area (TPSA) is 46.5 Å². The first-order valence-electron chi connectivity index (χ1n) is 6.84. The van der Waals surface area contributed by atoms with Crippen LogP contribution in [0.1, 0.15) is 52.9 Å². The molecule has 1 fully saturated rings. The van der Waals surface area contributed by atoms with Crippen molar-refractivity contribution >= 4 is 5.97 Å². The van der Waals surface area contributed by atoms with E-state index in [-0.39, 0.29) is 6.42 Å². The maximum absolute atomic E-state index is 10.4. The Morgan fingerprint density at radius 2 is 2.12 bits per heavy atom. The normalized spacial score (nSPS) is 29.5. The number of hydrogen-bond acceptors (Lipinski definition) is 2. The van der Waals surface area contributed by atoms with Gasteiger partial charge in [-0.2, -0.15) is 0 Å². The van der Waals surface area contributed by atoms with Gasteiger partial charge in [-0.3, -0.25) is 4.79 Å². The number of rotatable bonds is 6. The van der Waals surface area contributed by atoms with Crippen LogP contribution in [0.2, 0.25) is 0 Å². The molecule has 0 radical (unpaired) electrons. The average Bonchev–Trinajstić information content (AvgIpc) is 2.23. The molecule has 0 aliphatic heterocycles. The first-order chi connectivity index (χ1) is 8.00. The van der Waals surface area contributed by atoms with Crippen molar-refractivity contribution in [1.29, 1.82) is 0 Å². The predicted molar refractivity (Wildman–Crippen MR) is 68.0 cm³/mol. The van der Waals surface area contributed by atoms with Crippen molar-refractivity contribution in [2.75, 3.05) is 6.61 Å². The highest BCUT2D eigenvalue weighted by Gasteiger charge is 2.31. The van der Waals surface area contributed by atoms with E-state index in [4.69, 9.17) is 9.84 Å². The second-order valence-electron chi connectivity index (χ2n) is 5.73. The van der Waals surface area contributed by atoms with E-state index in [1.165, 1.54) is 12.8 Å². The third kappa shape index (κ3) is 5.07. The van der Waals surface area contributed by atoms with Crippen LogP contribution in [0.5, 0.6) is 0 Å². The molecule has 17 heavy (non-hydrogen) atoms. The minimum atomic E-state index is -0.731. The van der Waals surface area contributed by atoms with Crippen LogP contribution in [-0.4, -0.2) is 23.8 Å². The summed E-state index contributed by atoms with van der Waals surface area (Å²) in [6.07, 6.45) is 4.88. The van der Waals surface area contributed by atoms with Crippen molar-refractivity contribution in [3.63, 3.8) is 0 Å². The van der Waals surface area contributed by atoms with Crippen molar-refractivity contribution in [2.45, 2.75) is 59.0 Å². The van der Waals surface area contributed by atoms with Gasteiger partial charge in [0.15, 0.2) is 0 Å². The summed E-state index contributed by atoms with van der Waals surface area (Å²) >= 11 is 0. The second kappa shape index (κ2) is 7.00. The zero-order valence-electron chi connectivity index (χ0n) is 11.3. The van der Waals surface area contributed by atoms with Crippen LogP contribution in [0, 0.1) is 17.8 Å². The highest BCUT2D eigenvalue weighted by molar-refractivity contribution is 5.66. The van der Waals surface area contributed by atoms with E-state index >= 15 is 0 Å². The summed E-state index contributed by atoms with van der Waals surface area (Å²) in [5, 5.41) is 8.58. The molecule has 0 aromatic rings. The van der Waals surface area contributed by atoms with Gasteiger partial charge in [0.2, 0.25) is 0 Å².